The first-order chi connectivity index (χ1) is 12.8. The van der Waals surface area contributed by atoms with Gasteiger partial charge in [-0.3, -0.25) is 9.20 Å². The molecule has 4 nitrogen and oxygen atoms in total. The van der Waals surface area contributed by atoms with E-state index in [0.29, 0.717) is 0 Å². The molecule has 128 valence electrons. The molecule has 4 rings (SSSR count). The van der Waals surface area contributed by atoms with Crippen LogP contribution in [0.2, 0.25) is 0 Å². The molecular formula is C21H17N3OS. The number of fused-ring (bicyclic) bond motifs is 1. The molecule has 0 unspecified atom stereocenters. The smallest absolute Gasteiger partial charge is 0.244 e. The summed E-state index contributed by atoms with van der Waals surface area (Å²) in [5.41, 5.74) is 2.97. The molecule has 0 atom stereocenters. The van der Waals surface area contributed by atoms with Crippen LogP contribution in [0.1, 0.15) is 22.9 Å². The third-order valence-electron chi connectivity index (χ3n) is 4.13. The number of hydrogen-bond acceptors (Lipinski definition) is 3. The third-order valence-corrected chi connectivity index (χ3v) is 4.90. The van der Waals surface area contributed by atoms with E-state index >= 15 is 0 Å². The molecule has 2 aromatic heterocycles. The molecule has 1 amide bonds. The van der Waals surface area contributed by atoms with Gasteiger partial charge in [0.15, 0.2) is 4.96 Å². The summed E-state index contributed by atoms with van der Waals surface area (Å²) in [6, 6.07) is 19.8. The van der Waals surface area contributed by atoms with Crippen molar-refractivity contribution in [3.05, 3.63) is 101 Å². The number of benzene rings is 2. The second kappa shape index (κ2) is 7.37. The number of hydrogen-bond donors (Lipinski definition) is 1. The van der Waals surface area contributed by atoms with Gasteiger partial charge in [0.05, 0.1) is 17.9 Å². The Labute approximate surface area is 155 Å². The third kappa shape index (κ3) is 3.43. The van der Waals surface area contributed by atoms with Crippen LogP contribution in [-0.2, 0) is 4.79 Å². The van der Waals surface area contributed by atoms with Gasteiger partial charge >= 0.3 is 0 Å². The van der Waals surface area contributed by atoms with Crippen molar-refractivity contribution in [1.29, 1.82) is 0 Å². The Morgan fingerprint density at radius 2 is 1.69 bits per heavy atom. The topological polar surface area (TPSA) is 46.4 Å². The van der Waals surface area contributed by atoms with E-state index in [9.17, 15) is 4.79 Å². The fourth-order valence-electron chi connectivity index (χ4n) is 2.87. The molecule has 26 heavy (non-hydrogen) atoms. The highest BCUT2D eigenvalue weighted by Crippen LogP contribution is 2.21. The van der Waals surface area contributed by atoms with Gasteiger partial charge in [-0.1, -0.05) is 60.7 Å². The van der Waals surface area contributed by atoms with Crippen LogP contribution < -0.4 is 5.32 Å². The van der Waals surface area contributed by atoms with Crippen LogP contribution in [0.4, 0.5) is 0 Å². The molecule has 2 aromatic carbocycles. The van der Waals surface area contributed by atoms with Crippen LogP contribution in [0.25, 0.3) is 11.0 Å². The number of amides is 1. The van der Waals surface area contributed by atoms with Gasteiger partial charge in [0.1, 0.15) is 0 Å². The normalized spacial score (nSPS) is 11.4. The molecule has 0 spiro atoms. The maximum absolute atomic E-state index is 12.5. The molecule has 0 fully saturated rings. The Kier molecular flexibility index (Phi) is 4.62. The van der Waals surface area contributed by atoms with Crippen molar-refractivity contribution in [2.75, 3.05) is 0 Å². The van der Waals surface area contributed by atoms with Crippen molar-refractivity contribution in [3.63, 3.8) is 0 Å². The average molecular weight is 359 g/mol. The van der Waals surface area contributed by atoms with Gasteiger partial charge in [0, 0.05) is 17.7 Å². The summed E-state index contributed by atoms with van der Waals surface area (Å²) in [4.78, 5) is 17.8. The summed E-state index contributed by atoms with van der Waals surface area (Å²) in [6.45, 7) is 0. The van der Waals surface area contributed by atoms with E-state index in [0.717, 1.165) is 21.8 Å². The van der Waals surface area contributed by atoms with Gasteiger partial charge in [-0.25, -0.2) is 4.98 Å². The van der Waals surface area contributed by atoms with E-state index in [1.165, 1.54) is 0 Å². The first-order valence-electron chi connectivity index (χ1n) is 8.30. The predicted molar refractivity (Wildman–Crippen MR) is 105 cm³/mol. The largest absolute Gasteiger partial charge is 0.342 e. The number of thiazole rings is 1. The highest BCUT2D eigenvalue weighted by atomic mass is 32.1. The molecule has 0 aliphatic rings. The fraction of sp³-hybridized carbons (Fsp3) is 0.0476. The standard InChI is InChI=1S/C21H17N3OS/c25-19(12-11-18-15-22-21-24(18)13-14-26-21)23-20(16-7-3-1-4-8-16)17-9-5-2-6-10-17/h1-15,20H,(H,23,25)/b12-11+. The van der Waals surface area contributed by atoms with E-state index < -0.39 is 0 Å². The minimum absolute atomic E-state index is 0.145. The van der Waals surface area contributed by atoms with Crippen molar-refractivity contribution in [1.82, 2.24) is 14.7 Å². The first kappa shape index (κ1) is 16.3. The summed E-state index contributed by atoms with van der Waals surface area (Å²) in [5, 5.41) is 5.07. The molecule has 5 heteroatoms. The number of aromatic nitrogens is 2. The van der Waals surface area contributed by atoms with Crippen LogP contribution >= 0.6 is 11.3 Å². The van der Waals surface area contributed by atoms with Crippen LogP contribution in [0.3, 0.4) is 0 Å². The molecular weight excluding hydrogens is 342 g/mol. The van der Waals surface area contributed by atoms with Crippen LogP contribution in [0, 0.1) is 0 Å². The number of nitrogens with zero attached hydrogens (tertiary/aromatic N) is 2. The summed E-state index contributed by atoms with van der Waals surface area (Å²) in [7, 11) is 0. The molecule has 2 heterocycles. The van der Waals surface area contributed by atoms with Crippen molar-refractivity contribution in [3.8, 4) is 0 Å². The fourth-order valence-corrected chi connectivity index (χ4v) is 3.57. The van der Waals surface area contributed by atoms with Crippen molar-refractivity contribution in [2.24, 2.45) is 0 Å². The lowest BCUT2D eigenvalue weighted by Crippen LogP contribution is -2.27. The number of imidazole rings is 1. The number of nitrogens with one attached hydrogen (secondary N) is 1. The van der Waals surface area contributed by atoms with Gasteiger partial charge in [-0.2, -0.15) is 0 Å². The van der Waals surface area contributed by atoms with E-state index in [1.54, 1.807) is 29.7 Å². The average Bonchev–Trinajstić information content (AvgIpc) is 3.30. The molecule has 0 saturated carbocycles. The van der Waals surface area contributed by atoms with Crippen LogP contribution in [-0.4, -0.2) is 15.3 Å². The molecule has 0 aliphatic carbocycles. The summed E-state index contributed by atoms with van der Waals surface area (Å²) >= 11 is 1.57. The van der Waals surface area contributed by atoms with Gasteiger partial charge in [-0.15, -0.1) is 11.3 Å². The monoisotopic (exact) mass is 359 g/mol. The summed E-state index contributed by atoms with van der Waals surface area (Å²) in [6.07, 6.45) is 7.05. The van der Waals surface area contributed by atoms with Gasteiger partial charge in [0.25, 0.3) is 0 Å². The SMILES string of the molecule is O=C(/C=C/c1cnc2sccn12)NC(c1ccccc1)c1ccccc1. The highest BCUT2D eigenvalue weighted by Gasteiger charge is 2.15. The zero-order valence-electron chi connectivity index (χ0n) is 13.9. The zero-order chi connectivity index (χ0) is 17.8. The van der Waals surface area contributed by atoms with Crippen molar-refractivity contribution < 1.29 is 4.79 Å². The maximum Gasteiger partial charge on any atom is 0.244 e. The quantitative estimate of drug-likeness (QED) is 0.540. The Hall–Kier alpha value is -3.18. The molecule has 4 aromatic rings. The summed E-state index contributed by atoms with van der Waals surface area (Å²) in [5.74, 6) is -0.145. The van der Waals surface area contributed by atoms with E-state index in [4.69, 9.17) is 0 Å². The van der Waals surface area contributed by atoms with Crippen LogP contribution in [0.5, 0.6) is 0 Å². The second-order valence-electron chi connectivity index (χ2n) is 5.83. The highest BCUT2D eigenvalue weighted by molar-refractivity contribution is 7.15. The number of carbonyl (C=O) groups excluding carboxylic acids is 1. The Balaban J connectivity index is 1.56. The van der Waals surface area contributed by atoms with E-state index in [2.05, 4.69) is 10.3 Å². The van der Waals surface area contributed by atoms with Gasteiger partial charge < -0.3 is 5.32 Å². The van der Waals surface area contributed by atoms with Crippen molar-refractivity contribution >= 4 is 28.3 Å². The van der Waals surface area contributed by atoms with Crippen molar-refractivity contribution in [2.45, 2.75) is 6.04 Å². The Bertz CT molecular complexity index is 995. The van der Waals surface area contributed by atoms with Gasteiger partial charge in [0.2, 0.25) is 5.91 Å². The first-order valence-corrected chi connectivity index (χ1v) is 9.18. The lowest BCUT2D eigenvalue weighted by Gasteiger charge is -2.19. The molecule has 0 radical (unpaired) electrons. The van der Waals surface area contributed by atoms with E-state index in [-0.39, 0.29) is 11.9 Å². The minimum atomic E-state index is -0.193. The minimum Gasteiger partial charge on any atom is -0.342 e. The Morgan fingerprint density at radius 3 is 2.35 bits per heavy atom. The number of carbonyl (C=O) groups is 1. The summed E-state index contributed by atoms with van der Waals surface area (Å²) < 4.78 is 1.96. The lowest BCUT2D eigenvalue weighted by atomic mass is 9.99. The second-order valence-corrected chi connectivity index (χ2v) is 6.71. The lowest BCUT2D eigenvalue weighted by molar-refractivity contribution is -0.116. The maximum atomic E-state index is 12.5. The van der Waals surface area contributed by atoms with E-state index in [1.807, 2.05) is 76.6 Å². The zero-order valence-corrected chi connectivity index (χ0v) is 14.8. The predicted octanol–water partition coefficient (Wildman–Crippen LogP) is 4.31. The number of rotatable bonds is 5. The molecule has 0 bridgehead atoms. The molecule has 0 aliphatic heterocycles. The molecule has 1 N–H and O–H groups in total. The Morgan fingerprint density at radius 1 is 1.04 bits per heavy atom. The molecule has 0 saturated heterocycles. The van der Waals surface area contributed by atoms with Crippen LogP contribution in [0.15, 0.2) is 84.5 Å². The van der Waals surface area contributed by atoms with Gasteiger partial charge in [-0.05, 0) is 17.2 Å².